The number of nitrogens with one attached hydrogen (secondary N) is 2. The molecule has 32 heavy (non-hydrogen) atoms. The Morgan fingerprint density at radius 3 is 2.94 bits per heavy atom. The zero-order valence-corrected chi connectivity index (χ0v) is 18.9. The van der Waals surface area contributed by atoms with Crippen LogP contribution in [0.4, 0.5) is 16.0 Å². The molecule has 1 unspecified atom stereocenters. The van der Waals surface area contributed by atoms with Crippen molar-refractivity contribution in [2.24, 2.45) is 0 Å². The van der Waals surface area contributed by atoms with Gasteiger partial charge in [-0.25, -0.2) is 14.4 Å². The molecule has 10 heteroatoms. The third-order valence-corrected chi connectivity index (χ3v) is 5.43. The van der Waals surface area contributed by atoms with E-state index in [1.807, 2.05) is 25.1 Å². The SMILES string of the molecule is CN(C)C/C=C/C(=O)N1CCCC(Nc2ncnc(N)c2C(=N)c2ccc(F)c(Cl)c2)C1. The van der Waals surface area contributed by atoms with Crippen LogP contribution in [0.15, 0.2) is 36.7 Å². The number of rotatable bonds is 7. The maximum atomic E-state index is 13.5. The third-order valence-electron chi connectivity index (χ3n) is 5.14. The van der Waals surface area contributed by atoms with Crippen molar-refractivity contribution in [1.29, 1.82) is 5.41 Å². The molecular weight excluding hydrogens is 433 g/mol. The molecule has 2 heterocycles. The van der Waals surface area contributed by atoms with Crippen molar-refractivity contribution in [1.82, 2.24) is 19.8 Å². The van der Waals surface area contributed by atoms with Gasteiger partial charge in [0.15, 0.2) is 0 Å². The van der Waals surface area contributed by atoms with Gasteiger partial charge >= 0.3 is 0 Å². The van der Waals surface area contributed by atoms with E-state index in [0.29, 0.717) is 36.6 Å². The minimum Gasteiger partial charge on any atom is -0.383 e. The average molecular weight is 460 g/mol. The Labute approximate surface area is 191 Å². The first-order valence-electron chi connectivity index (χ1n) is 10.3. The summed E-state index contributed by atoms with van der Waals surface area (Å²) in [5.74, 6) is -0.0754. The number of carbonyl (C=O) groups is 1. The second-order valence-electron chi connectivity index (χ2n) is 7.92. The normalized spacial score (nSPS) is 16.5. The molecule has 1 aliphatic heterocycles. The van der Waals surface area contributed by atoms with Crippen molar-refractivity contribution in [2.45, 2.75) is 18.9 Å². The number of likely N-dealkylation sites (N-methyl/N-ethyl adjacent to an activating group) is 1. The molecule has 3 rings (SSSR count). The first-order chi connectivity index (χ1) is 15.3. The standard InChI is InChI=1S/C22H27ClFN7O/c1-30(2)9-4-6-18(32)31-10-3-5-15(12-31)29-22-19(21(26)27-13-28-22)20(25)14-7-8-17(24)16(23)11-14/h4,6-8,11,13,15,25H,3,5,9-10,12H2,1-2H3,(H3,26,27,28,29)/b6-4+,25-20?. The first kappa shape index (κ1) is 23.6. The van der Waals surface area contributed by atoms with Gasteiger partial charge in [-0.2, -0.15) is 0 Å². The van der Waals surface area contributed by atoms with Crippen LogP contribution in [0, 0.1) is 11.2 Å². The fourth-order valence-electron chi connectivity index (χ4n) is 3.51. The second-order valence-corrected chi connectivity index (χ2v) is 8.33. The molecule has 1 aromatic heterocycles. The molecule has 2 aromatic rings. The van der Waals surface area contributed by atoms with Crippen LogP contribution in [0.2, 0.25) is 5.02 Å². The lowest BCUT2D eigenvalue weighted by molar-refractivity contribution is -0.127. The van der Waals surface area contributed by atoms with E-state index in [9.17, 15) is 9.18 Å². The molecule has 1 saturated heterocycles. The average Bonchev–Trinajstić information content (AvgIpc) is 2.75. The summed E-state index contributed by atoms with van der Waals surface area (Å²) in [5.41, 5.74) is 6.81. The Balaban J connectivity index is 1.77. The number of amides is 1. The lowest BCUT2D eigenvalue weighted by Gasteiger charge is -2.33. The highest BCUT2D eigenvalue weighted by molar-refractivity contribution is 6.31. The van der Waals surface area contributed by atoms with E-state index >= 15 is 0 Å². The number of hydrogen-bond acceptors (Lipinski definition) is 7. The van der Waals surface area contributed by atoms with Gasteiger partial charge in [0.05, 0.1) is 16.3 Å². The van der Waals surface area contributed by atoms with Gasteiger partial charge in [0, 0.05) is 37.3 Å². The maximum Gasteiger partial charge on any atom is 0.246 e. The number of piperidine rings is 1. The van der Waals surface area contributed by atoms with Crippen LogP contribution in [0.5, 0.6) is 0 Å². The summed E-state index contributed by atoms with van der Waals surface area (Å²) in [6, 6.07) is 3.97. The van der Waals surface area contributed by atoms with Crippen LogP contribution in [0.25, 0.3) is 0 Å². The number of nitrogens with two attached hydrogens (primary N) is 1. The predicted molar refractivity (Wildman–Crippen MR) is 125 cm³/mol. The van der Waals surface area contributed by atoms with Gasteiger partial charge in [-0.1, -0.05) is 17.7 Å². The molecule has 0 radical (unpaired) electrons. The van der Waals surface area contributed by atoms with E-state index in [0.717, 1.165) is 12.8 Å². The zero-order valence-electron chi connectivity index (χ0n) is 18.1. The molecule has 1 aromatic carbocycles. The number of carbonyl (C=O) groups excluding carboxylic acids is 1. The van der Waals surface area contributed by atoms with Gasteiger partial charge in [-0.05, 0) is 45.1 Å². The summed E-state index contributed by atoms with van der Waals surface area (Å²) >= 11 is 5.88. The molecule has 4 N–H and O–H groups in total. The monoisotopic (exact) mass is 459 g/mol. The summed E-state index contributed by atoms with van der Waals surface area (Å²) in [4.78, 5) is 24.6. The molecule has 1 aliphatic rings. The highest BCUT2D eigenvalue weighted by Crippen LogP contribution is 2.26. The Morgan fingerprint density at radius 2 is 2.22 bits per heavy atom. The largest absolute Gasteiger partial charge is 0.383 e. The second kappa shape index (κ2) is 10.5. The van der Waals surface area contributed by atoms with Crippen LogP contribution < -0.4 is 11.1 Å². The summed E-state index contributed by atoms with van der Waals surface area (Å²) in [5, 5.41) is 11.8. The lowest BCUT2D eigenvalue weighted by Crippen LogP contribution is -2.45. The topological polar surface area (TPSA) is 111 Å². The molecule has 0 spiro atoms. The Morgan fingerprint density at radius 1 is 1.44 bits per heavy atom. The summed E-state index contributed by atoms with van der Waals surface area (Å²) in [6.45, 7) is 1.89. The van der Waals surface area contributed by atoms with E-state index in [1.54, 1.807) is 11.0 Å². The molecule has 8 nitrogen and oxygen atoms in total. The fraction of sp³-hybridized carbons (Fsp3) is 0.364. The third kappa shape index (κ3) is 5.80. The minimum absolute atomic E-state index is 0.0304. The quantitative estimate of drug-likeness (QED) is 0.433. The Hall–Kier alpha value is -3.04. The molecule has 170 valence electrons. The number of nitrogen functional groups attached to an aromatic ring is 1. The van der Waals surface area contributed by atoms with Crippen molar-refractivity contribution in [3.8, 4) is 0 Å². The molecule has 0 aliphatic carbocycles. The van der Waals surface area contributed by atoms with Gasteiger partial charge < -0.3 is 20.9 Å². The number of hydrogen-bond donors (Lipinski definition) is 3. The van der Waals surface area contributed by atoms with Crippen LogP contribution >= 0.6 is 11.6 Å². The molecule has 0 saturated carbocycles. The van der Waals surface area contributed by atoms with Gasteiger partial charge in [0.2, 0.25) is 5.91 Å². The molecule has 1 atom stereocenters. The lowest BCUT2D eigenvalue weighted by atomic mass is 10.0. The van der Waals surface area contributed by atoms with Crippen molar-refractivity contribution >= 4 is 34.9 Å². The van der Waals surface area contributed by atoms with E-state index < -0.39 is 5.82 Å². The van der Waals surface area contributed by atoms with Crippen LogP contribution in [-0.4, -0.2) is 71.2 Å². The Bertz CT molecular complexity index is 1030. The van der Waals surface area contributed by atoms with E-state index in [2.05, 4.69) is 15.3 Å². The van der Waals surface area contributed by atoms with E-state index in [1.165, 1.54) is 24.5 Å². The van der Waals surface area contributed by atoms with Crippen molar-refractivity contribution in [3.05, 3.63) is 58.6 Å². The van der Waals surface area contributed by atoms with Gasteiger partial charge in [-0.15, -0.1) is 0 Å². The van der Waals surface area contributed by atoms with E-state index in [-0.39, 0.29) is 28.5 Å². The predicted octanol–water partition coefficient (Wildman–Crippen LogP) is 2.79. The van der Waals surface area contributed by atoms with Crippen molar-refractivity contribution < 1.29 is 9.18 Å². The van der Waals surface area contributed by atoms with E-state index in [4.69, 9.17) is 22.7 Å². The van der Waals surface area contributed by atoms with Crippen LogP contribution in [0.3, 0.4) is 0 Å². The smallest absolute Gasteiger partial charge is 0.246 e. The van der Waals surface area contributed by atoms with Crippen LogP contribution in [-0.2, 0) is 4.79 Å². The van der Waals surface area contributed by atoms with Crippen LogP contribution in [0.1, 0.15) is 24.0 Å². The minimum atomic E-state index is -0.564. The van der Waals surface area contributed by atoms with Crippen molar-refractivity contribution in [3.63, 3.8) is 0 Å². The number of aromatic nitrogens is 2. The summed E-state index contributed by atoms with van der Waals surface area (Å²) in [7, 11) is 3.89. The highest BCUT2D eigenvalue weighted by Gasteiger charge is 2.25. The maximum absolute atomic E-state index is 13.5. The highest BCUT2D eigenvalue weighted by atomic mass is 35.5. The molecular formula is C22H27ClFN7O. The molecule has 0 bridgehead atoms. The van der Waals surface area contributed by atoms with Gasteiger partial charge in [0.25, 0.3) is 0 Å². The zero-order chi connectivity index (χ0) is 23.3. The number of nitrogens with zero attached hydrogens (tertiary/aromatic N) is 4. The molecule has 1 amide bonds. The number of likely N-dealkylation sites (tertiary alicyclic amines) is 1. The Kier molecular flexibility index (Phi) is 7.76. The van der Waals surface area contributed by atoms with Gasteiger partial charge in [-0.3, -0.25) is 10.2 Å². The first-order valence-corrected chi connectivity index (χ1v) is 10.7. The van der Waals surface area contributed by atoms with Gasteiger partial charge in [0.1, 0.15) is 23.8 Å². The van der Waals surface area contributed by atoms with Crippen molar-refractivity contribution in [2.75, 3.05) is 44.8 Å². The fourth-order valence-corrected chi connectivity index (χ4v) is 3.69. The molecule has 1 fully saturated rings. The number of anilines is 2. The summed E-state index contributed by atoms with van der Waals surface area (Å²) in [6.07, 6.45) is 6.44. The number of halogens is 2. The summed E-state index contributed by atoms with van der Waals surface area (Å²) < 4.78 is 13.5. The number of benzene rings is 1.